The van der Waals surface area contributed by atoms with Crippen LogP contribution in [0.15, 0.2) is 24.3 Å². The van der Waals surface area contributed by atoms with E-state index in [-0.39, 0.29) is 24.6 Å². The lowest BCUT2D eigenvalue weighted by Gasteiger charge is -2.22. The van der Waals surface area contributed by atoms with Crippen molar-refractivity contribution in [2.75, 3.05) is 0 Å². The third-order valence-corrected chi connectivity index (χ3v) is 2.90. The van der Waals surface area contributed by atoms with Crippen LogP contribution in [0.1, 0.15) is 45.7 Å². The molecule has 0 amide bonds. The van der Waals surface area contributed by atoms with Crippen molar-refractivity contribution in [3.63, 3.8) is 0 Å². The Morgan fingerprint density at radius 2 is 1.76 bits per heavy atom. The van der Waals surface area contributed by atoms with Crippen molar-refractivity contribution < 1.29 is 4.74 Å². The average Bonchev–Trinajstić information content (AvgIpc) is 2.27. The van der Waals surface area contributed by atoms with E-state index in [1.54, 1.807) is 0 Å². The van der Waals surface area contributed by atoms with Gasteiger partial charge in [-0.15, -0.1) is 12.4 Å². The lowest BCUT2D eigenvalue weighted by molar-refractivity contribution is 0.236. The van der Waals surface area contributed by atoms with E-state index in [1.165, 1.54) is 0 Å². The Balaban J connectivity index is 0.00000256. The lowest BCUT2D eigenvalue weighted by atomic mass is 9.93. The van der Waals surface area contributed by atoms with E-state index in [0.29, 0.717) is 5.92 Å². The van der Waals surface area contributed by atoms with E-state index >= 15 is 0 Å². The molecule has 1 unspecified atom stereocenters. The Labute approximate surface area is 111 Å². The van der Waals surface area contributed by atoms with Gasteiger partial charge in [-0.3, -0.25) is 0 Å². The number of hydrogen-bond donors (Lipinski definition) is 1. The van der Waals surface area contributed by atoms with Crippen LogP contribution in [0.4, 0.5) is 0 Å². The normalized spacial score (nSPS) is 14.0. The second-order valence-corrected chi connectivity index (χ2v) is 4.62. The third kappa shape index (κ3) is 4.57. The molecular weight excluding hydrogens is 234 g/mol. The summed E-state index contributed by atoms with van der Waals surface area (Å²) in [5.41, 5.74) is 7.36. The quantitative estimate of drug-likeness (QED) is 0.867. The van der Waals surface area contributed by atoms with Crippen molar-refractivity contribution in [1.82, 2.24) is 0 Å². The molecule has 0 heterocycles. The van der Waals surface area contributed by atoms with Crippen molar-refractivity contribution in [3.05, 3.63) is 29.8 Å². The van der Waals surface area contributed by atoms with Gasteiger partial charge >= 0.3 is 0 Å². The van der Waals surface area contributed by atoms with Crippen LogP contribution in [-0.4, -0.2) is 6.10 Å². The second kappa shape index (κ2) is 7.57. The Kier molecular flexibility index (Phi) is 7.24. The molecule has 0 aliphatic rings. The van der Waals surface area contributed by atoms with Gasteiger partial charge in [-0.25, -0.2) is 0 Å². The molecule has 17 heavy (non-hydrogen) atoms. The molecule has 0 aliphatic heterocycles. The number of hydrogen-bond acceptors (Lipinski definition) is 2. The highest BCUT2D eigenvalue weighted by Gasteiger charge is 2.17. The predicted molar refractivity (Wildman–Crippen MR) is 75.8 cm³/mol. The fourth-order valence-corrected chi connectivity index (χ4v) is 1.68. The molecule has 0 aromatic heterocycles. The predicted octanol–water partition coefficient (Wildman–Crippen LogP) is 3.94. The molecule has 98 valence electrons. The summed E-state index contributed by atoms with van der Waals surface area (Å²) >= 11 is 0. The van der Waals surface area contributed by atoms with E-state index in [2.05, 4.69) is 19.9 Å². The topological polar surface area (TPSA) is 35.2 Å². The minimum absolute atomic E-state index is 0. The Morgan fingerprint density at radius 1 is 1.18 bits per heavy atom. The van der Waals surface area contributed by atoms with E-state index in [9.17, 15) is 0 Å². The van der Waals surface area contributed by atoms with Gasteiger partial charge in [0.05, 0.1) is 6.10 Å². The van der Waals surface area contributed by atoms with Gasteiger partial charge in [-0.1, -0.05) is 38.5 Å². The van der Waals surface area contributed by atoms with Crippen LogP contribution in [0.2, 0.25) is 0 Å². The first kappa shape index (κ1) is 16.3. The molecule has 0 fully saturated rings. The van der Waals surface area contributed by atoms with Crippen molar-refractivity contribution in [3.8, 4) is 5.75 Å². The Morgan fingerprint density at radius 3 is 2.29 bits per heavy atom. The number of halogens is 1. The minimum atomic E-state index is 0. The van der Waals surface area contributed by atoms with Crippen molar-refractivity contribution in [2.45, 2.75) is 46.3 Å². The summed E-state index contributed by atoms with van der Waals surface area (Å²) in [5, 5.41) is 0. The lowest BCUT2D eigenvalue weighted by Crippen LogP contribution is -2.20. The summed E-state index contributed by atoms with van der Waals surface area (Å²) in [7, 11) is 0. The van der Waals surface area contributed by atoms with Crippen LogP contribution < -0.4 is 10.5 Å². The van der Waals surface area contributed by atoms with Crippen molar-refractivity contribution in [1.29, 1.82) is 0 Å². The molecule has 0 spiro atoms. The molecule has 1 aromatic carbocycles. The first-order valence-corrected chi connectivity index (χ1v) is 6.07. The largest absolute Gasteiger partial charge is 0.491 e. The van der Waals surface area contributed by atoms with E-state index in [0.717, 1.165) is 17.7 Å². The number of rotatable bonds is 5. The van der Waals surface area contributed by atoms with Gasteiger partial charge in [0.2, 0.25) is 0 Å². The van der Waals surface area contributed by atoms with Gasteiger partial charge in [-0.2, -0.15) is 0 Å². The summed E-state index contributed by atoms with van der Waals surface area (Å²) in [5.74, 6) is 1.39. The van der Waals surface area contributed by atoms with Gasteiger partial charge in [0.15, 0.2) is 0 Å². The summed E-state index contributed by atoms with van der Waals surface area (Å²) in [4.78, 5) is 0. The summed E-state index contributed by atoms with van der Waals surface area (Å²) in [6.07, 6.45) is 1.27. The zero-order valence-electron chi connectivity index (χ0n) is 11.1. The summed E-state index contributed by atoms with van der Waals surface area (Å²) < 4.78 is 5.78. The Hall–Kier alpha value is -0.730. The van der Waals surface area contributed by atoms with Crippen LogP contribution in [0.25, 0.3) is 0 Å². The zero-order valence-corrected chi connectivity index (χ0v) is 12.0. The molecule has 0 bridgehead atoms. The molecular formula is C14H24ClNO. The molecule has 3 heteroatoms. The van der Waals surface area contributed by atoms with E-state index in [4.69, 9.17) is 10.5 Å². The van der Waals surface area contributed by atoms with Crippen molar-refractivity contribution >= 4 is 12.4 Å². The number of nitrogens with two attached hydrogens (primary N) is 1. The maximum Gasteiger partial charge on any atom is 0.124 e. The van der Waals surface area contributed by atoms with Gasteiger partial charge in [0.1, 0.15) is 5.75 Å². The molecule has 2 N–H and O–H groups in total. The van der Waals surface area contributed by atoms with Gasteiger partial charge in [0.25, 0.3) is 0 Å². The molecule has 2 atom stereocenters. The molecule has 1 rings (SSSR count). The molecule has 0 aliphatic carbocycles. The maximum absolute atomic E-state index is 6.25. The standard InChI is InChI=1S/C14H23NO.ClH/c1-5-11(4)14(15)12-8-6-7-9-13(12)16-10(2)3;/h6-11,14H,5,15H2,1-4H3;1H/t11?,14-;/m0./s1. The van der Waals surface area contributed by atoms with Crippen molar-refractivity contribution in [2.24, 2.45) is 11.7 Å². The summed E-state index contributed by atoms with van der Waals surface area (Å²) in [6, 6.07) is 8.13. The third-order valence-electron chi connectivity index (χ3n) is 2.90. The van der Waals surface area contributed by atoms with Gasteiger partial charge < -0.3 is 10.5 Å². The fourth-order valence-electron chi connectivity index (χ4n) is 1.68. The van der Waals surface area contributed by atoms with E-state index < -0.39 is 0 Å². The van der Waals surface area contributed by atoms with E-state index in [1.807, 2.05) is 32.0 Å². The van der Waals surface area contributed by atoms with Crippen LogP contribution in [-0.2, 0) is 0 Å². The maximum atomic E-state index is 6.25. The zero-order chi connectivity index (χ0) is 12.1. The molecule has 1 aromatic rings. The highest BCUT2D eigenvalue weighted by Crippen LogP contribution is 2.30. The smallest absolute Gasteiger partial charge is 0.124 e. The highest BCUT2D eigenvalue weighted by atomic mass is 35.5. The SMILES string of the molecule is CCC(C)[C@H](N)c1ccccc1OC(C)C.Cl. The van der Waals surface area contributed by atoms with Crippen LogP contribution in [0.3, 0.4) is 0 Å². The monoisotopic (exact) mass is 257 g/mol. The average molecular weight is 258 g/mol. The molecule has 2 nitrogen and oxygen atoms in total. The number of para-hydroxylation sites is 1. The number of ether oxygens (including phenoxy) is 1. The molecule has 0 saturated heterocycles. The van der Waals surface area contributed by atoms with Crippen LogP contribution in [0, 0.1) is 5.92 Å². The fraction of sp³-hybridized carbons (Fsp3) is 0.571. The first-order chi connectivity index (χ1) is 7.56. The van der Waals surface area contributed by atoms with Crippen LogP contribution >= 0.6 is 12.4 Å². The van der Waals surface area contributed by atoms with Crippen LogP contribution in [0.5, 0.6) is 5.75 Å². The molecule has 0 saturated carbocycles. The minimum Gasteiger partial charge on any atom is -0.491 e. The Bertz CT molecular complexity index is 328. The molecule has 0 radical (unpaired) electrons. The first-order valence-electron chi connectivity index (χ1n) is 6.07. The highest BCUT2D eigenvalue weighted by molar-refractivity contribution is 5.85. The van der Waals surface area contributed by atoms with Gasteiger partial charge in [0, 0.05) is 11.6 Å². The van der Waals surface area contributed by atoms with Gasteiger partial charge in [-0.05, 0) is 25.8 Å². The number of benzene rings is 1. The second-order valence-electron chi connectivity index (χ2n) is 4.62. The summed E-state index contributed by atoms with van der Waals surface area (Å²) in [6.45, 7) is 8.41.